The molecule has 1 aromatic rings. The molecule has 76 valence electrons. The maximum absolute atomic E-state index is 5.90. The first-order valence-corrected chi connectivity index (χ1v) is 6.31. The summed E-state index contributed by atoms with van der Waals surface area (Å²) in [6.07, 6.45) is 1.09. The number of halogens is 1. The second kappa shape index (κ2) is 4.42. The van der Waals surface area contributed by atoms with E-state index in [0.29, 0.717) is 0 Å². The molecule has 0 aliphatic carbocycles. The van der Waals surface area contributed by atoms with Gasteiger partial charge in [0.2, 0.25) is 5.96 Å². The fourth-order valence-electron chi connectivity index (χ4n) is 1.05. The average Bonchev–Trinajstić information content (AvgIpc) is 2.54. The number of nitrogens with one attached hydrogen (secondary N) is 2. The molecule has 0 atom stereocenters. The molecule has 0 aromatic carbocycles. The summed E-state index contributed by atoms with van der Waals surface area (Å²) in [6.45, 7) is 3.05. The molecule has 1 aliphatic rings. The van der Waals surface area contributed by atoms with Crippen molar-refractivity contribution in [1.29, 1.82) is 0 Å². The fraction of sp³-hybridized carbons (Fsp3) is 0.375. The van der Waals surface area contributed by atoms with Crippen LogP contribution in [0.1, 0.15) is 13.3 Å². The Morgan fingerprint density at radius 3 is 3.29 bits per heavy atom. The minimum Gasteiger partial charge on any atom is -0.355 e. The Morgan fingerprint density at radius 1 is 1.64 bits per heavy atom. The summed E-state index contributed by atoms with van der Waals surface area (Å²) >= 11 is 8.89. The molecule has 0 bridgehead atoms. The van der Waals surface area contributed by atoms with Crippen LogP contribution in [-0.2, 0) is 0 Å². The van der Waals surface area contributed by atoms with Crippen molar-refractivity contribution in [3.63, 3.8) is 0 Å². The van der Waals surface area contributed by atoms with Crippen LogP contribution in [0.5, 0.6) is 0 Å². The molecule has 2 rings (SSSR count). The Kier molecular flexibility index (Phi) is 3.20. The Labute approximate surface area is 96.1 Å². The highest BCUT2D eigenvalue weighted by molar-refractivity contribution is 7.98. The topological polar surface area (TPSA) is 36.4 Å². The van der Waals surface area contributed by atoms with Gasteiger partial charge in [0.15, 0.2) is 0 Å². The van der Waals surface area contributed by atoms with Crippen LogP contribution >= 0.6 is 34.9 Å². The molecule has 0 spiro atoms. The first-order valence-electron chi connectivity index (χ1n) is 4.35. The predicted molar refractivity (Wildman–Crippen MR) is 64.5 cm³/mol. The number of hydrogen-bond acceptors (Lipinski definition) is 5. The second-order valence-corrected chi connectivity index (χ2v) is 5.32. The highest BCUT2D eigenvalue weighted by Gasteiger charge is 2.15. The lowest BCUT2D eigenvalue weighted by molar-refractivity contribution is 0.839. The normalized spacial score (nSPS) is 14.3. The van der Waals surface area contributed by atoms with E-state index in [4.69, 9.17) is 11.6 Å². The van der Waals surface area contributed by atoms with Crippen molar-refractivity contribution < 1.29 is 0 Å². The van der Waals surface area contributed by atoms with E-state index in [0.717, 1.165) is 33.2 Å². The number of guanidine groups is 1. The number of anilines is 1. The zero-order valence-corrected chi connectivity index (χ0v) is 10.0. The number of hydrogen-bond donors (Lipinski definition) is 2. The second-order valence-electron chi connectivity index (χ2n) is 2.83. The van der Waals surface area contributed by atoms with Crippen LogP contribution in [0.4, 0.5) is 5.00 Å². The third-order valence-electron chi connectivity index (χ3n) is 1.68. The molecule has 0 radical (unpaired) electrons. The Balaban J connectivity index is 2.04. The van der Waals surface area contributed by atoms with Crippen LogP contribution in [0.15, 0.2) is 15.4 Å². The van der Waals surface area contributed by atoms with Crippen LogP contribution < -0.4 is 10.6 Å². The van der Waals surface area contributed by atoms with Gasteiger partial charge in [0.05, 0.1) is 9.23 Å². The first-order chi connectivity index (χ1) is 6.79. The summed E-state index contributed by atoms with van der Waals surface area (Å²) in [4.78, 5) is 1.10. The monoisotopic (exact) mass is 247 g/mol. The number of nitrogens with zero attached hydrogens (tertiary/aromatic N) is 1. The van der Waals surface area contributed by atoms with Crippen molar-refractivity contribution in [3.8, 4) is 0 Å². The molecule has 6 heteroatoms. The van der Waals surface area contributed by atoms with E-state index in [9.17, 15) is 0 Å². The molecule has 2 N–H and O–H groups in total. The lowest BCUT2D eigenvalue weighted by atomic mass is 10.5. The summed E-state index contributed by atoms with van der Waals surface area (Å²) in [7, 11) is 0. The van der Waals surface area contributed by atoms with Crippen LogP contribution in [0.25, 0.3) is 0 Å². The van der Waals surface area contributed by atoms with Crippen LogP contribution in [0.2, 0.25) is 4.34 Å². The minimum absolute atomic E-state index is 0.793. The lowest BCUT2D eigenvalue weighted by Gasteiger charge is -2.14. The number of thiophene rings is 1. The number of rotatable bonds is 2. The third kappa shape index (κ3) is 2.16. The van der Waals surface area contributed by atoms with Crippen LogP contribution in [0, 0.1) is 0 Å². The smallest absolute Gasteiger partial charge is 0.208 e. The maximum atomic E-state index is 5.90. The van der Waals surface area contributed by atoms with Gasteiger partial charge in [-0.05, 0) is 12.5 Å². The van der Waals surface area contributed by atoms with Gasteiger partial charge < -0.3 is 10.6 Å². The van der Waals surface area contributed by atoms with E-state index in [2.05, 4.69) is 22.0 Å². The first kappa shape index (κ1) is 10.1. The van der Waals surface area contributed by atoms with Gasteiger partial charge in [-0.25, -0.2) is 0 Å². The van der Waals surface area contributed by atoms with E-state index in [1.54, 1.807) is 11.3 Å². The Bertz CT molecular complexity index is 361. The summed E-state index contributed by atoms with van der Waals surface area (Å²) in [5.41, 5.74) is 0. The van der Waals surface area contributed by atoms with Gasteiger partial charge in [0.25, 0.3) is 0 Å². The quantitative estimate of drug-likeness (QED) is 0.788. The van der Waals surface area contributed by atoms with Crippen LogP contribution in [-0.4, -0.2) is 12.5 Å². The SMILES string of the molecule is CCCNC1=NSc2cc(Cl)sc2N1. The van der Waals surface area contributed by atoms with Gasteiger partial charge in [0, 0.05) is 18.5 Å². The van der Waals surface area contributed by atoms with Crippen LogP contribution in [0.3, 0.4) is 0 Å². The molecule has 14 heavy (non-hydrogen) atoms. The number of fused-ring (bicyclic) bond motifs is 1. The van der Waals surface area contributed by atoms with Crippen molar-refractivity contribution in [3.05, 3.63) is 10.4 Å². The average molecular weight is 248 g/mol. The van der Waals surface area contributed by atoms with Gasteiger partial charge in [-0.15, -0.1) is 11.3 Å². The van der Waals surface area contributed by atoms with Crippen molar-refractivity contribution in [1.82, 2.24) is 5.32 Å². The molecule has 0 saturated carbocycles. The largest absolute Gasteiger partial charge is 0.355 e. The fourth-order valence-corrected chi connectivity index (χ4v) is 3.05. The minimum atomic E-state index is 0.793. The van der Waals surface area contributed by atoms with E-state index in [-0.39, 0.29) is 0 Å². The van der Waals surface area contributed by atoms with Crippen molar-refractivity contribution in [2.24, 2.45) is 4.40 Å². The summed E-state index contributed by atoms with van der Waals surface area (Å²) < 4.78 is 5.07. The molecular weight excluding hydrogens is 238 g/mol. The maximum Gasteiger partial charge on any atom is 0.208 e. The third-order valence-corrected chi connectivity index (χ3v) is 3.78. The molecular formula is C8H10ClN3S2. The molecule has 1 aromatic heterocycles. The summed E-state index contributed by atoms with van der Waals surface area (Å²) in [6, 6.07) is 1.93. The zero-order chi connectivity index (χ0) is 9.97. The molecule has 0 unspecified atom stereocenters. The molecule has 2 heterocycles. The van der Waals surface area contributed by atoms with E-state index >= 15 is 0 Å². The van der Waals surface area contributed by atoms with Gasteiger partial charge in [-0.3, -0.25) is 0 Å². The highest BCUT2D eigenvalue weighted by Crippen LogP contribution is 2.40. The van der Waals surface area contributed by atoms with Crippen molar-refractivity contribution >= 4 is 45.8 Å². The van der Waals surface area contributed by atoms with Crippen molar-refractivity contribution in [2.45, 2.75) is 18.2 Å². The van der Waals surface area contributed by atoms with E-state index in [1.165, 1.54) is 11.9 Å². The molecule has 0 saturated heterocycles. The van der Waals surface area contributed by atoms with Gasteiger partial charge in [0.1, 0.15) is 5.00 Å². The van der Waals surface area contributed by atoms with Gasteiger partial charge in [-0.2, -0.15) is 4.40 Å². The van der Waals surface area contributed by atoms with Gasteiger partial charge in [-0.1, -0.05) is 18.5 Å². The van der Waals surface area contributed by atoms with E-state index < -0.39 is 0 Å². The van der Waals surface area contributed by atoms with Gasteiger partial charge >= 0.3 is 0 Å². The zero-order valence-electron chi connectivity index (χ0n) is 7.63. The Morgan fingerprint density at radius 2 is 2.50 bits per heavy atom. The summed E-state index contributed by atoms with van der Waals surface area (Å²) in [5.74, 6) is 0.822. The Hall–Kier alpha value is -0.390. The highest BCUT2D eigenvalue weighted by atomic mass is 35.5. The van der Waals surface area contributed by atoms with E-state index in [1.807, 2.05) is 6.07 Å². The molecule has 0 amide bonds. The predicted octanol–water partition coefficient (Wildman–Crippen LogP) is 3.19. The molecule has 3 nitrogen and oxygen atoms in total. The van der Waals surface area contributed by atoms with Crippen molar-refractivity contribution in [2.75, 3.05) is 11.9 Å². The standard InChI is InChI=1S/C8H10ClN3S2/c1-2-3-10-8-11-7-5(14-12-8)4-6(9)13-7/h4H,2-3H2,1H3,(H2,10,11,12). The molecule has 0 fully saturated rings. The molecule has 1 aliphatic heterocycles. The lowest BCUT2D eigenvalue weighted by Crippen LogP contribution is -2.31. The summed E-state index contributed by atoms with van der Waals surface area (Å²) in [5, 5.41) is 7.49.